The van der Waals surface area contributed by atoms with Gasteiger partial charge < -0.3 is 10.0 Å². The number of aromatic hydroxyl groups is 1. The van der Waals surface area contributed by atoms with E-state index in [1.165, 1.54) is 35.2 Å². The molecule has 0 aromatic heterocycles. The molecular weight excluding hydrogens is 281 g/mol. The molecule has 2 aromatic carbocycles. The van der Waals surface area contributed by atoms with Crippen LogP contribution >= 0.6 is 11.6 Å². The van der Waals surface area contributed by atoms with E-state index in [1.54, 1.807) is 19.2 Å². The molecule has 0 saturated heterocycles. The van der Waals surface area contributed by atoms with Gasteiger partial charge in [0.1, 0.15) is 11.6 Å². The van der Waals surface area contributed by atoms with Crippen molar-refractivity contribution >= 4 is 17.5 Å². The highest BCUT2D eigenvalue weighted by atomic mass is 35.5. The fraction of sp³-hybridized carbons (Fsp3) is 0.133. The van der Waals surface area contributed by atoms with Gasteiger partial charge in [-0.1, -0.05) is 23.7 Å². The molecule has 0 spiro atoms. The standard InChI is InChI=1S/C15H13ClFNO2/c1-18(9-10-3-2-4-12(17)7-10)15(20)11-5-6-14(19)13(16)8-11/h2-8,19H,9H2,1H3. The summed E-state index contributed by atoms with van der Waals surface area (Å²) in [6.07, 6.45) is 0. The first kappa shape index (κ1) is 14.3. The lowest BCUT2D eigenvalue weighted by Crippen LogP contribution is -2.26. The maximum Gasteiger partial charge on any atom is 0.253 e. The number of carbonyl (C=O) groups excluding carboxylic acids is 1. The predicted octanol–water partition coefficient (Wildman–Crippen LogP) is 3.46. The lowest BCUT2D eigenvalue weighted by Gasteiger charge is -2.17. The number of phenolic OH excluding ortho intramolecular Hbond substituents is 1. The van der Waals surface area contributed by atoms with Crippen molar-refractivity contribution in [1.29, 1.82) is 0 Å². The summed E-state index contributed by atoms with van der Waals surface area (Å²) in [5.74, 6) is -0.664. The molecule has 3 nitrogen and oxygen atoms in total. The van der Waals surface area contributed by atoms with Gasteiger partial charge in [-0.3, -0.25) is 4.79 Å². The third-order valence-corrected chi connectivity index (χ3v) is 3.15. The Bertz CT molecular complexity index is 646. The van der Waals surface area contributed by atoms with Crippen LogP contribution in [0.15, 0.2) is 42.5 Å². The summed E-state index contributed by atoms with van der Waals surface area (Å²) in [6.45, 7) is 0.287. The summed E-state index contributed by atoms with van der Waals surface area (Å²) in [7, 11) is 1.62. The number of nitrogens with zero attached hydrogens (tertiary/aromatic N) is 1. The Kier molecular flexibility index (Phi) is 4.25. The lowest BCUT2D eigenvalue weighted by molar-refractivity contribution is 0.0785. The number of halogens is 2. The first-order valence-corrected chi connectivity index (χ1v) is 6.33. The Labute approximate surface area is 121 Å². The Morgan fingerprint density at radius 3 is 2.70 bits per heavy atom. The molecule has 1 amide bonds. The summed E-state index contributed by atoms with van der Waals surface area (Å²) in [4.78, 5) is 13.6. The number of benzene rings is 2. The number of phenols is 1. The third-order valence-electron chi connectivity index (χ3n) is 2.85. The van der Waals surface area contributed by atoms with Crippen LogP contribution in [-0.4, -0.2) is 23.0 Å². The van der Waals surface area contributed by atoms with Gasteiger partial charge in [0.05, 0.1) is 5.02 Å². The second-order valence-corrected chi connectivity index (χ2v) is 4.86. The third kappa shape index (κ3) is 3.27. The predicted molar refractivity (Wildman–Crippen MR) is 75.3 cm³/mol. The lowest BCUT2D eigenvalue weighted by atomic mass is 10.1. The Morgan fingerprint density at radius 1 is 1.30 bits per heavy atom. The zero-order valence-corrected chi connectivity index (χ0v) is 11.6. The molecular formula is C15H13ClFNO2. The minimum absolute atomic E-state index is 0.0731. The fourth-order valence-corrected chi connectivity index (χ4v) is 2.02. The summed E-state index contributed by atoms with van der Waals surface area (Å²) in [5.41, 5.74) is 1.07. The molecule has 1 N–H and O–H groups in total. The van der Waals surface area contributed by atoms with Crippen molar-refractivity contribution in [1.82, 2.24) is 4.90 Å². The van der Waals surface area contributed by atoms with Crippen LogP contribution in [0.4, 0.5) is 4.39 Å². The van der Waals surface area contributed by atoms with Crippen molar-refractivity contribution in [2.24, 2.45) is 0 Å². The van der Waals surface area contributed by atoms with Crippen LogP contribution in [0.1, 0.15) is 15.9 Å². The minimum atomic E-state index is -0.337. The normalized spacial score (nSPS) is 10.3. The first-order valence-electron chi connectivity index (χ1n) is 5.96. The minimum Gasteiger partial charge on any atom is -0.506 e. The van der Waals surface area contributed by atoms with E-state index < -0.39 is 0 Å². The number of rotatable bonds is 3. The molecule has 0 aliphatic heterocycles. The van der Waals surface area contributed by atoms with E-state index in [-0.39, 0.29) is 29.0 Å². The maximum atomic E-state index is 13.1. The highest BCUT2D eigenvalue weighted by molar-refractivity contribution is 6.32. The molecule has 0 unspecified atom stereocenters. The molecule has 2 aromatic rings. The van der Waals surface area contributed by atoms with Gasteiger partial charge >= 0.3 is 0 Å². The number of hydrogen-bond acceptors (Lipinski definition) is 2. The maximum absolute atomic E-state index is 13.1. The number of hydrogen-bond donors (Lipinski definition) is 1. The van der Waals surface area contributed by atoms with E-state index in [9.17, 15) is 14.3 Å². The van der Waals surface area contributed by atoms with Gasteiger partial charge in [-0.25, -0.2) is 4.39 Å². The Hall–Kier alpha value is -2.07. The molecule has 0 aliphatic rings. The van der Waals surface area contributed by atoms with Gasteiger partial charge in [-0.05, 0) is 35.9 Å². The van der Waals surface area contributed by atoms with Gasteiger partial charge in [-0.2, -0.15) is 0 Å². The van der Waals surface area contributed by atoms with E-state index >= 15 is 0 Å². The van der Waals surface area contributed by atoms with E-state index in [2.05, 4.69) is 0 Å². The van der Waals surface area contributed by atoms with E-state index in [1.807, 2.05) is 0 Å². The molecule has 0 aliphatic carbocycles. The number of carbonyl (C=O) groups is 1. The van der Waals surface area contributed by atoms with Gasteiger partial charge in [-0.15, -0.1) is 0 Å². The highest BCUT2D eigenvalue weighted by Gasteiger charge is 2.13. The molecule has 2 rings (SSSR count). The Balaban J connectivity index is 2.14. The largest absolute Gasteiger partial charge is 0.506 e. The van der Waals surface area contributed by atoms with Crippen LogP contribution < -0.4 is 0 Å². The first-order chi connectivity index (χ1) is 9.47. The van der Waals surface area contributed by atoms with Crippen LogP contribution in [0.3, 0.4) is 0 Å². The van der Waals surface area contributed by atoms with Crippen molar-refractivity contribution in [3.8, 4) is 5.75 Å². The molecule has 104 valence electrons. The average molecular weight is 294 g/mol. The smallest absolute Gasteiger partial charge is 0.253 e. The topological polar surface area (TPSA) is 40.5 Å². The highest BCUT2D eigenvalue weighted by Crippen LogP contribution is 2.24. The summed E-state index contributed by atoms with van der Waals surface area (Å²) in [5, 5.41) is 9.45. The number of amides is 1. The Morgan fingerprint density at radius 2 is 2.05 bits per heavy atom. The fourth-order valence-electron chi connectivity index (χ4n) is 1.84. The van der Waals surface area contributed by atoms with Gasteiger partial charge in [0.15, 0.2) is 0 Å². The van der Waals surface area contributed by atoms with Crippen molar-refractivity contribution in [2.45, 2.75) is 6.54 Å². The van der Waals surface area contributed by atoms with Crippen molar-refractivity contribution < 1.29 is 14.3 Å². The molecule has 0 heterocycles. The van der Waals surface area contributed by atoms with Gasteiger partial charge in [0.25, 0.3) is 5.91 Å². The van der Waals surface area contributed by atoms with E-state index in [0.29, 0.717) is 11.1 Å². The monoisotopic (exact) mass is 293 g/mol. The average Bonchev–Trinajstić information content (AvgIpc) is 2.41. The van der Waals surface area contributed by atoms with E-state index in [0.717, 1.165) is 0 Å². The van der Waals surface area contributed by atoms with Crippen LogP contribution in [0, 0.1) is 5.82 Å². The van der Waals surface area contributed by atoms with Crippen LogP contribution in [0.2, 0.25) is 5.02 Å². The van der Waals surface area contributed by atoms with Crippen LogP contribution in [0.25, 0.3) is 0 Å². The molecule has 5 heteroatoms. The van der Waals surface area contributed by atoms with Crippen molar-refractivity contribution in [3.63, 3.8) is 0 Å². The van der Waals surface area contributed by atoms with E-state index in [4.69, 9.17) is 11.6 Å². The molecule has 0 atom stereocenters. The second kappa shape index (κ2) is 5.92. The van der Waals surface area contributed by atoms with Gasteiger partial charge in [0, 0.05) is 19.2 Å². The quantitative estimate of drug-likeness (QED) is 0.941. The van der Waals surface area contributed by atoms with Crippen molar-refractivity contribution in [3.05, 3.63) is 64.4 Å². The van der Waals surface area contributed by atoms with Crippen molar-refractivity contribution in [2.75, 3.05) is 7.05 Å². The SMILES string of the molecule is CN(Cc1cccc(F)c1)C(=O)c1ccc(O)c(Cl)c1. The molecule has 20 heavy (non-hydrogen) atoms. The molecule has 0 bridgehead atoms. The second-order valence-electron chi connectivity index (χ2n) is 4.46. The molecule has 0 radical (unpaired) electrons. The molecule has 0 fully saturated rings. The van der Waals surface area contributed by atoms with Gasteiger partial charge in [0.2, 0.25) is 0 Å². The zero-order chi connectivity index (χ0) is 14.7. The van der Waals surface area contributed by atoms with Crippen LogP contribution in [0.5, 0.6) is 5.75 Å². The summed E-state index contributed by atoms with van der Waals surface area (Å²) in [6, 6.07) is 10.3. The molecule has 0 saturated carbocycles. The summed E-state index contributed by atoms with van der Waals surface area (Å²) < 4.78 is 13.1. The zero-order valence-electron chi connectivity index (χ0n) is 10.8. The van der Waals surface area contributed by atoms with Crippen LogP contribution in [-0.2, 0) is 6.54 Å². The summed E-state index contributed by atoms with van der Waals surface area (Å²) >= 11 is 5.77.